The number of aryl methyl sites for hydroxylation is 1. The molecule has 0 aliphatic rings. The molecular formula is C11H21IN4S. The Bertz CT molecular complexity index is 349. The molecule has 0 fully saturated rings. The quantitative estimate of drug-likeness (QED) is 0.488. The van der Waals surface area contributed by atoms with Crippen LogP contribution in [0.3, 0.4) is 0 Å². The third-order valence-corrected chi connectivity index (χ3v) is 2.71. The fraction of sp³-hybridized carbons (Fsp3) is 0.636. The molecule has 0 radical (unpaired) electrons. The monoisotopic (exact) mass is 368 g/mol. The van der Waals surface area contributed by atoms with Crippen LogP contribution in [0.25, 0.3) is 0 Å². The molecule has 1 aromatic rings. The highest BCUT2D eigenvalue weighted by atomic mass is 127. The Kier molecular flexibility index (Phi) is 8.49. The van der Waals surface area contributed by atoms with Crippen LogP contribution in [0, 0.1) is 6.92 Å². The summed E-state index contributed by atoms with van der Waals surface area (Å²) in [6, 6.07) is 0.385. The van der Waals surface area contributed by atoms with Crippen molar-refractivity contribution in [1.82, 2.24) is 15.6 Å². The molecular weight excluding hydrogens is 347 g/mol. The van der Waals surface area contributed by atoms with Gasteiger partial charge in [-0.25, -0.2) is 9.98 Å². The third-order valence-electron chi connectivity index (χ3n) is 1.81. The van der Waals surface area contributed by atoms with Crippen LogP contribution in [0.4, 0.5) is 0 Å². The molecule has 0 spiro atoms. The fourth-order valence-corrected chi connectivity index (χ4v) is 1.93. The zero-order valence-electron chi connectivity index (χ0n) is 10.8. The molecule has 1 rings (SSSR count). The number of guanidine groups is 1. The van der Waals surface area contributed by atoms with Crippen LogP contribution in [0.2, 0.25) is 0 Å². The molecule has 0 atom stereocenters. The van der Waals surface area contributed by atoms with E-state index in [2.05, 4.69) is 48.3 Å². The molecule has 17 heavy (non-hydrogen) atoms. The first kappa shape index (κ1) is 16.6. The molecule has 98 valence electrons. The predicted octanol–water partition coefficient (Wildman–Crippen LogP) is 2.53. The van der Waals surface area contributed by atoms with Crippen molar-refractivity contribution in [1.29, 1.82) is 0 Å². The van der Waals surface area contributed by atoms with Crippen molar-refractivity contribution in [3.8, 4) is 0 Å². The van der Waals surface area contributed by atoms with E-state index in [1.807, 2.05) is 6.20 Å². The van der Waals surface area contributed by atoms with Gasteiger partial charge in [-0.3, -0.25) is 0 Å². The molecule has 4 nitrogen and oxygen atoms in total. The van der Waals surface area contributed by atoms with E-state index in [9.17, 15) is 0 Å². The average molecular weight is 368 g/mol. The van der Waals surface area contributed by atoms with Gasteiger partial charge in [0.15, 0.2) is 5.96 Å². The Balaban J connectivity index is 0.00000256. The minimum atomic E-state index is 0. The number of nitrogens with zero attached hydrogens (tertiary/aromatic N) is 2. The summed E-state index contributed by atoms with van der Waals surface area (Å²) >= 11 is 1.69. The Morgan fingerprint density at radius 2 is 2.24 bits per heavy atom. The number of aliphatic imine (C=N–C) groups is 1. The van der Waals surface area contributed by atoms with Gasteiger partial charge in [-0.1, -0.05) is 0 Å². The lowest BCUT2D eigenvalue weighted by atomic mass is 10.4. The summed E-state index contributed by atoms with van der Waals surface area (Å²) in [5.41, 5.74) is 0. The number of thiazole rings is 1. The molecule has 0 amide bonds. The normalized spacial score (nSPS) is 11.2. The molecule has 6 heteroatoms. The van der Waals surface area contributed by atoms with Crippen molar-refractivity contribution in [3.63, 3.8) is 0 Å². The molecule has 0 aliphatic carbocycles. The van der Waals surface area contributed by atoms with Gasteiger partial charge in [0.1, 0.15) is 5.01 Å². The molecule has 0 aliphatic heterocycles. The highest BCUT2D eigenvalue weighted by molar-refractivity contribution is 14.0. The fourth-order valence-electron chi connectivity index (χ4n) is 1.21. The van der Waals surface area contributed by atoms with Crippen LogP contribution >= 0.6 is 35.3 Å². The molecule has 0 aromatic carbocycles. The number of rotatable bonds is 4. The van der Waals surface area contributed by atoms with E-state index in [0.29, 0.717) is 12.6 Å². The van der Waals surface area contributed by atoms with Crippen molar-refractivity contribution in [2.24, 2.45) is 4.99 Å². The van der Waals surface area contributed by atoms with Crippen molar-refractivity contribution in [3.05, 3.63) is 16.1 Å². The van der Waals surface area contributed by atoms with Crippen LogP contribution in [-0.2, 0) is 6.54 Å². The molecule has 0 saturated heterocycles. The highest BCUT2D eigenvalue weighted by Gasteiger charge is 2.01. The minimum Gasteiger partial charge on any atom is -0.357 e. The van der Waals surface area contributed by atoms with Crippen molar-refractivity contribution >= 4 is 41.3 Å². The van der Waals surface area contributed by atoms with Gasteiger partial charge in [0.25, 0.3) is 0 Å². The Morgan fingerprint density at radius 3 is 2.71 bits per heavy atom. The van der Waals surface area contributed by atoms with E-state index in [4.69, 9.17) is 0 Å². The Labute approximate surface area is 124 Å². The SMILES string of the molecule is CCNC(=NCc1ncc(C)s1)NC(C)C.I. The van der Waals surface area contributed by atoms with Gasteiger partial charge in [-0.15, -0.1) is 35.3 Å². The zero-order valence-corrected chi connectivity index (χ0v) is 13.9. The van der Waals surface area contributed by atoms with Crippen LogP contribution < -0.4 is 10.6 Å². The largest absolute Gasteiger partial charge is 0.357 e. The lowest BCUT2D eigenvalue weighted by Crippen LogP contribution is -2.40. The topological polar surface area (TPSA) is 49.3 Å². The van der Waals surface area contributed by atoms with Gasteiger partial charge in [-0.05, 0) is 27.7 Å². The van der Waals surface area contributed by atoms with E-state index < -0.39 is 0 Å². The molecule has 2 N–H and O–H groups in total. The van der Waals surface area contributed by atoms with E-state index in [0.717, 1.165) is 17.5 Å². The highest BCUT2D eigenvalue weighted by Crippen LogP contribution is 2.11. The number of halogens is 1. The van der Waals surface area contributed by atoms with Gasteiger partial charge in [0.05, 0.1) is 6.54 Å². The Morgan fingerprint density at radius 1 is 1.53 bits per heavy atom. The summed E-state index contributed by atoms with van der Waals surface area (Å²) < 4.78 is 0. The maximum atomic E-state index is 4.48. The third kappa shape index (κ3) is 6.82. The van der Waals surface area contributed by atoms with Gasteiger partial charge in [0.2, 0.25) is 0 Å². The molecule has 1 heterocycles. The smallest absolute Gasteiger partial charge is 0.191 e. The summed E-state index contributed by atoms with van der Waals surface area (Å²) in [6.07, 6.45) is 1.89. The summed E-state index contributed by atoms with van der Waals surface area (Å²) in [6.45, 7) is 9.82. The molecule has 0 unspecified atom stereocenters. The van der Waals surface area contributed by atoms with Crippen molar-refractivity contribution in [2.45, 2.75) is 40.3 Å². The van der Waals surface area contributed by atoms with Crippen molar-refractivity contribution < 1.29 is 0 Å². The van der Waals surface area contributed by atoms with Crippen LogP contribution in [-0.4, -0.2) is 23.5 Å². The summed E-state index contributed by atoms with van der Waals surface area (Å²) in [5.74, 6) is 0.852. The number of hydrogen-bond donors (Lipinski definition) is 2. The van der Waals surface area contributed by atoms with Gasteiger partial charge in [0, 0.05) is 23.7 Å². The molecule has 0 saturated carbocycles. The second kappa shape index (κ2) is 8.68. The van der Waals surface area contributed by atoms with Gasteiger partial charge in [-0.2, -0.15) is 0 Å². The summed E-state index contributed by atoms with van der Waals surface area (Å²) in [7, 11) is 0. The van der Waals surface area contributed by atoms with E-state index in [-0.39, 0.29) is 24.0 Å². The lowest BCUT2D eigenvalue weighted by Gasteiger charge is -2.13. The lowest BCUT2D eigenvalue weighted by molar-refractivity contribution is 0.700. The van der Waals surface area contributed by atoms with Crippen LogP contribution in [0.5, 0.6) is 0 Å². The van der Waals surface area contributed by atoms with Crippen LogP contribution in [0.1, 0.15) is 30.7 Å². The van der Waals surface area contributed by atoms with Crippen molar-refractivity contribution in [2.75, 3.05) is 6.54 Å². The number of hydrogen-bond acceptors (Lipinski definition) is 3. The van der Waals surface area contributed by atoms with E-state index in [1.54, 1.807) is 11.3 Å². The van der Waals surface area contributed by atoms with Gasteiger partial charge < -0.3 is 10.6 Å². The second-order valence-corrected chi connectivity index (χ2v) is 5.18. The second-order valence-electron chi connectivity index (χ2n) is 3.86. The average Bonchev–Trinajstić information content (AvgIpc) is 2.60. The first-order valence-electron chi connectivity index (χ1n) is 5.58. The predicted molar refractivity (Wildman–Crippen MR) is 85.4 cm³/mol. The number of aromatic nitrogens is 1. The zero-order chi connectivity index (χ0) is 12.0. The summed E-state index contributed by atoms with van der Waals surface area (Å²) in [4.78, 5) is 9.99. The molecule has 0 bridgehead atoms. The maximum absolute atomic E-state index is 4.48. The Hall–Kier alpha value is -0.370. The minimum absolute atomic E-state index is 0. The van der Waals surface area contributed by atoms with Gasteiger partial charge >= 0.3 is 0 Å². The first-order chi connectivity index (χ1) is 7.61. The van der Waals surface area contributed by atoms with E-state index in [1.165, 1.54) is 4.88 Å². The number of nitrogens with one attached hydrogen (secondary N) is 2. The first-order valence-corrected chi connectivity index (χ1v) is 6.39. The molecule has 1 aromatic heterocycles. The standard InChI is InChI=1S/C11H20N4S.HI/c1-5-12-11(15-8(2)3)14-7-10-13-6-9(4)16-10;/h6,8H,5,7H2,1-4H3,(H2,12,14,15);1H. The maximum Gasteiger partial charge on any atom is 0.191 e. The van der Waals surface area contributed by atoms with E-state index >= 15 is 0 Å². The summed E-state index contributed by atoms with van der Waals surface area (Å²) in [5, 5.41) is 7.53. The van der Waals surface area contributed by atoms with Crippen LogP contribution in [0.15, 0.2) is 11.2 Å².